The summed E-state index contributed by atoms with van der Waals surface area (Å²) in [7, 11) is 0. The van der Waals surface area contributed by atoms with E-state index in [0.717, 1.165) is 18.7 Å². The van der Waals surface area contributed by atoms with Crippen LogP contribution in [0.2, 0.25) is 10.0 Å². The van der Waals surface area contributed by atoms with Crippen LogP contribution in [0.15, 0.2) is 23.8 Å². The fourth-order valence-corrected chi connectivity index (χ4v) is 3.25. The number of halogens is 3. The molecule has 1 aliphatic rings. The van der Waals surface area contributed by atoms with Crippen molar-refractivity contribution in [2.75, 3.05) is 11.9 Å². The molecule has 1 aliphatic carbocycles. The van der Waals surface area contributed by atoms with Crippen molar-refractivity contribution in [2.24, 2.45) is 11.8 Å². The van der Waals surface area contributed by atoms with Crippen LogP contribution in [0.5, 0.6) is 0 Å². The van der Waals surface area contributed by atoms with Crippen molar-refractivity contribution in [3.05, 3.63) is 39.6 Å². The summed E-state index contributed by atoms with van der Waals surface area (Å²) in [6, 6.07) is 3.16. The summed E-state index contributed by atoms with van der Waals surface area (Å²) >= 11 is 11.6. The van der Waals surface area contributed by atoms with Crippen LogP contribution in [0.1, 0.15) is 26.7 Å². The second kappa shape index (κ2) is 6.15. The predicted octanol–water partition coefficient (Wildman–Crippen LogP) is 5.54. The van der Waals surface area contributed by atoms with E-state index in [2.05, 4.69) is 25.2 Å². The average Bonchev–Trinajstić information content (AvgIpc) is 2.32. The summed E-state index contributed by atoms with van der Waals surface area (Å²) in [5.41, 5.74) is 2.22. The number of allylic oxidation sites excluding steroid dienone is 2. The largest absolute Gasteiger partial charge is 0.385 e. The van der Waals surface area contributed by atoms with E-state index in [0.29, 0.717) is 11.8 Å². The van der Waals surface area contributed by atoms with Gasteiger partial charge in [0.05, 0.1) is 10.0 Å². The summed E-state index contributed by atoms with van der Waals surface area (Å²) in [6.07, 6.45) is 4.62. The second-order valence-corrected chi connectivity index (χ2v) is 6.25. The second-order valence-electron chi connectivity index (χ2n) is 5.43. The molecule has 1 nitrogen and oxygen atoms in total. The van der Waals surface area contributed by atoms with Crippen LogP contribution in [0.3, 0.4) is 0 Å². The molecule has 1 N–H and O–H groups in total. The lowest BCUT2D eigenvalue weighted by molar-refractivity contribution is 0.421. The van der Waals surface area contributed by atoms with E-state index in [1.54, 1.807) is 12.1 Å². The summed E-state index contributed by atoms with van der Waals surface area (Å²) in [4.78, 5) is 0. The summed E-state index contributed by atoms with van der Waals surface area (Å²) in [5, 5.41) is 3.42. The Bertz CT molecular complexity index is 476. The van der Waals surface area contributed by atoms with Crippen molar-refractivity contribution in [1.29, 1.82) is 0 Å². The van der Waals surface area contributed by atoms with Crippen LogP contribution in [0.4, 0.5) is 10.1 Å². The van der Waals surface area contributed by atoms with E-state index in [1.165, 1.54) is 12.0 Å². The molecule has 0 radical (unpaired) electrons. The van der Waals surface area contributed by atoms with Gasteiger partial charge >= 0.3 is 0 Å². The third kappa shape index (κ3) is 3.87. The first-order valence-electron chi connectivity index (χ1n) is 6.51. The average molecular weight is 302 g/mol. The molecular formula is C15H18Cl2FN. The fourth-order valence-electron chi connectivity index (χ4n) is 2.76. The van der Waals surface area contributed by atoms with Gasteiger partial charge in [-0.3, -0.25) is 0 Å². The standard InChI is InChI=1S/C15H18Cl2FN/c1-9-3-10(2)5-11(4-9)8-19-12-6-13(16)15(18)14(17)7-12/h3,6-7,9,11,19H,4-5,8H2,1-2H3. The Morgan fingerprint density at radius 2 is 1.95 bits per heavy atom. The Hall–Kier alpha value is -0.730. The maximum atomic E-state index is 13.3. The van der Waals surface area contributed by atoms with Crippen LogP contribution in [0.25, 0.3) is 0 Å². The van der Waals surface area contributed by atoms with Gasteiger partial charge in [0.1, 0.15) is 0 Å². The Morgan fingerprint density at radius 3 is 2.53 bits per heavy atom. The fraction of sp³-hybridized carbons (Fsp3) is 0.467. The SMILES string of the molecule is CC1=CC(C)CC(CNc2cc(Cl)c(F)c(Cl)c2)C1. The van der Waals surface area contributed by atoms with Crippen molar-refractivity contribution in [1.82, 2.24) is 0 Å². The molecule has 0 amide bonds. The Labute approximate surface area is 123 Å². The highest BCUT2D eigenvalue weighted by Gasteiger charge is 2.18. The van der Waals surface area contributed by atoms with E-state index in [1.807, 2.05) is 0 Å². The van der Waals surface area contributed by atoms with Gasteiger partial charge in [-0.1, -0.05) is 41.8 Å². The van der Waals surface area contributed by atoms with Gasteiger partial charge in [-0.15, -0.1) is 0 Å². The van der Waals surface area contributed by atoms with Crippen LogP contribution in [-0.2, 0) is 0 Å². The van der Waals surface area contributed by atoms with Gasteiger partial charge in [0.25, 0.3) is 0 Å². The molecule has 4 heteroatoms. The molecule has 0 fully saturated rings. The van der Waals surface area contributed by atoms with Crippen molar-refractivity contribution in [3.63, 3.8) is 0 Å². The number of rotatable bonds is 3. The molecule has 1 aromatic rings. The smallest absolute Gasteiger partial charge is 0.160 e. The van der Waals surface area contributed by atoms with Crippen LogP contribution in [0, 0.1) is 17.7 Å². The zero-order valence-corrected chi connectivity index (χ0v) is 12.7. The first-order valence-corrected chi connectivity index (χ1v) is 7.27. The number of benzene rings is 1. The van der Waals surface area contributed by atoms with Gasteiger partial charge in [0.15, 0.2) is 5.82 Å². The van der Waals surface area contributed by atoms with Crippen molar-refractivity contribution >= 4 is 28.9 Å². The molecule has 0 bridgehead atoms. The highest BCUT2D eigenvalue weighted by molar-refractivity contribution is 6.35. The Morgan fingerprint density at radius 1 is 1.32 bits per heavy atom. The van der Waals surface area contributed by atoms with Crippen molar-refractivity contribution in [3.8, 4) is 0 Å². The monoisotopic (exact) mass is 301 g/mol. The molecule has 0 saturated heterocycles. The zero-order chi connectivity index (χ0) is 14.0. The molecule has 2 unspecified atom stereocenters. The first kappa shape index (κ1) is 14.7. The molecule has 19 heavy (non-hydrogen) atoms. The normalized spacial score (nSPS) is 23.1. The van der Waals surface area contributed by atoms with E-state index >= 15 is 0 Å². The number of nitrogens with one attached hydrogen (secondary N) is 1. The van der Waals surface area contributed by atoms with E-state index in [-0.39, 0.29) is 10.0 Å². The van der Waals surface area contributed by atoms with E-state index in [9.17, 15) is 4.39 Å². The van der Waals surface area contributed by atoms with Gasteiger partial charge in [-0.2, -0.15) is 0 Å². The Kier molecular flexibility index (Phi) is 4.75. The summed E-state index contributed by atoms with van der Waals surface area (Å²) in [5.74, 6) is 0.669. The molecule has 0 aromatic heterocycles. The highest BCUT2D eigenvalue weighted by atomic mass is 35.5. The predicted molar refractivity (Wildman–Crippen MR) is 80.6 cm³/mol. The highest BCUT2D eigenvalue weighted by Crippen LogP contribution is 2.30. The lowest BCUT2D eigenvalue weighted by Gasteiger charge is -2.26. The van der Waals surface area contributed by atoms with Gasteiger partial charge in [0.2, 0.25) is 0 Å². The third-order valence-electron chi connectivity index (χ3n) is 3.46. The van der Waals surface area contributed by atoms with Gasteiger partial charge in [-0.25, -0.2) is 4.39 Å². The van der Waals surface area contributed by atoms with E-state index < -0.39 is 5.82 Å². The van der Waals surface area contributed by atoms with Crippen LogP contribution < -0.4 is 5.32 Å². The van der Waals surface area contributed by atoms with Crippen molar-refractivity contribution < 1.29 is 4.39 Å². The van der Waals surface area contributed by atoms with Gasteiger partial charge in [-0.05, 0) is 43.7 Å². The molecule has 2 rings (SSSR count). The number of hydrogen-bond donors (Lipinski definition) is 1. The van der Waals surface area contributed by atoms with Gasteiger partial charge in [0, 0.05) is 12.2 Å². The summed E-state index contributed by atoms with van der Waals surface area (Å²) < 4.78 is 13.3. The lowest BCUT2D eigenvalue weighted by atomic mass is 9.84. The molecule has 104 valence electrons. The Balaban J connectivity index is 1.98. The minimum absolute atomic E-state index is 0.0584. The molecule has 2 atom stereocenters. The quantitative estimate of drug-likeness (QED) is 0.571. The van der Waals surface area contributed by atoms with E-state index in [4.69, 9.17) is 23.2 Å². The first-order chi connectivity index (χ1) is 8.95. The molecule has 0 aliphatic heterocycles. The maximum Gasteiger partial charge on any atom is 0.160 e. The minimum Gasteiger partial charge on any atom is -0.385 e. The minimum atomic E-state index is -0.557. The molecular weight excluding hydrogens is 284 g/mol. The van der Waals surface area contributed by atoms with Crippen LogP contribution >= 0.6 is 23.2 Å². The van der Waals surface area contributed by atoms with Crippen LogP contribution in [-0.4, -0.2) is 6.54 Å². The summed E-state index contributed by atoms with van der Waals surface area (Å²) in [6.45, 7) is 5.27. The molecule has 0 heterocycles. The molecule has 0 saturated carbocycles. The maximum absolute atomic E-state index is 13.3. The zero-order valence-electron chi connectivity index (χ0n) is 11.1. The van der Waals surface area contributed by atoms with Gasteiger partial charge < -0.3 is 5.32 Å². The van der Waals surface area contributed by atoms with Crippen molar-refractivity contribution in [2.45, 2.75) is 26.7 Å². The molecule has 1 aromatic carbocycles. The lowest BCUT2D eigenvalue weighted by Crippen LogP contribution is -2.20. The third-order valence-corrected chi connectivity index (χ3v) is 4.01. The number of anilines is 1. The topological polar surface area (TPSA) is 12.0 Å². The molecule has 0 spiro atoms. The number of hydrogen-bond acceptors (Lipinski definition) is 1.